The van der Waals surface area contributed by atoms with Crippen molar-refractivity contribution in [2.45, 2.75) is 19.6 Å². The topological polar surface area (TPSA) is 61.0 Å². The fourth-order valence-electron chi connectivity index (χ4n) is 2.20. The summed E-state index contributed by atoms with van der Waals surface area (Å²) in [6.07, 6.45) is 0.760. The molecule has 1 unspecified atom stereocenters. The number of hydrogen-bond donors (Lipinski definition) is 2. The SMILES string of the molecule is CCNC(=NCC(O)c1ccco1)N(C)Cc1ccc(Cl)c(Cl)c1.I. The highest BCUT2D eigenvalue weighted by Crippen LogP contribution is 2.23. The van der Waals surface area contributed by atoms with E-state index in [0.29, 0.717) is 28.3 Å². The summed E-state index contributed by atoms with van der Waals surface area (Å²) in [5.41, 5.74) is 1.02. The molecule has 1 heterocycles. The number of benzene rings is 1. The van der Waals surface area contributed by atoms with Crippen molar-refractivity contribution in [3.05, 3.63) is 58.0 Å². The van der Waals surface area contributed by atoms with Crippen LogP contribution in [0.1, 0.15) is 24.4 Å². The van der Waals surface area contributed by atoms with E-state index in [1.165, 1.54) is 6.26 Å². The lowest BCUT2D eigenvalue weighted by molar-refractivity contribution is 0.158. The summed E-state index contributed by atoms with van der Waals surface area (Å²) >= 11 is 12.0. The van der Waals surface area contributed by atoms with Crippen LogP contribution in [0.25, 0.3) is 0 Å². The highest BCUT2D eigenvalue weighted by molar-refractivity contribution is 14.0. The quantitative estimate of drug-likeness (QED) is 0.354. The molecule has 2 rings (SSSR count). The number of hydrogen-bond acceptors (Lipinski definition) is 3. The van der Waals surface area contributed by atoms with E-state index in [0.717, 1.165) is 12.1 Å². The van der Waals surface area contributed by atoms with Crippen molar-refractivity contribution in [2.24, 2.45) is 4.99 Å². The molecule has 0 bridgehead atoms. The van der Waals surface area contributed by atoms with Gasteiger partial charge in [-0.05, 0) is 36.8 Å². The Morgan fingerprint density at radius 2 is 2.08 bits per heavy atom. The Hall–Kier alpha value is -0.960. The van der Waals surface area contributed by atoms with Gasteiger partial charge in [-0.25, -0.2) is 4.99 Å². The molecule has 8 heteroatoms. The van der Waals surface area contributed by atoms with Crippen molar-refractivity contribution in [2.75, 3.05) is 20.1 Å². The second-order valence-electron chi connectivity index (χ2n) is 5.33. The van der Waals surface area contributed by atoms with E-state index in [9.17, 15) is 5.11 Å². The molecule has 0 spiro atoms. The van der Waals surface area contributed by atoms with Crippen LogP contribution in [0, 0.1) is 0 Å². The minimum Gasteiger partial charge on any atom is -0.467 e. The highest BCUT2D eigenvalue weighted by atomic mass is 127. The Morgan fingerprint density at radius 1 is 1.32 bits per heavy atom. The third-order valence-corrected chi connectivity index (χ3v) is 4.12. The fraction of sp³-hybridized carbons (Fsp3) is 0.353. The highest BCUT2D eigenvalue weighted by Gasteiger charge is 2.12. The Labute approximate surface area is 175 Å². The molecule has 5 nitrogen and oxygen atoms in total. The molecule has 0 saturated heterocycles. The lowest BCUT2D eigenvalue weighted by atomic mass is 10.2. The first-order chi connectivity index (χ1) is 11.5. The van der Waals surface area contributed by atoms with E-state index >= 15 is 0 Å². The number of halogens is 3. The van der Waals surface area contributed by atoms with Crippen molar-refractivity contribution >= 4 is 53.1 Å². The second-order valence-corrected chi connectivity index (χ2v) is 6.14. The number of nitrogens with one attached hydrogen (secondary N) is 1. The van der Waals surface area contributed by atoms with Gasteiger partial charge in [0.05, 0.1) is 22.9 Å². The lowest BCUT2D eigenvalue weighted by Gasteiger charge is -2.22. The number of aliphatic imine (C=N–C) groups is 1. The van der Waals surface area contributed by atoms with E-state index in [4.69, 9.17) is 27.6 Å². The zero-order valence-corrected chi connectivity index (χ0v) is 17.9. The average Bonchev–Trinajstić information content (AvgIpc) is 3.09. The van der Waals surface area contributed by atoms with Crippen LogP contribution >= 0.6 is 47.2 Å². The standard InChI is InChI=1S/C17H21Cl2N3O2.HI/c1-3-20-17(21-10-15(23)16-5-4-8-24-16)22(2)11-12-6-7-13(18)14(19)9-12;/h4-9,15,23H,3,10-11H2,1-2H3,(H,20,21);1H. The van der Waals surface area contributed by atoms with E-state index < -0.39 is 6.10 Å². The lowest BCUT2D eigenvalue weighted by Crippen LogP contribution is -2.38. The van der Waals surface area contributed by atoms with Gasteiger partial charge >= 0.3 is 0 Å². The zero-order valence-electron chi connectivity index (χ0n) is 14.1. The Balaban J connectivity index is 0.00000312. The van der Waals surface area contributed by atoms with Gasteiger partial charge in [0.25, 0.3) is 0 Å². The van der Waals surface area contributed by atoms with E-state index in [2.05, 4.69) is 10.3 Å². The Kier molecular flexibility index (Phi) is 9.63. The van der Waals surface area contributed by atoms with E-state index in [-0.39, 0.29) is 30.5 Å². The number of aliphatic hydroxyl groups excluding tert-OH is 1. The third-order valence-electron chi connectivity index (χ3n) is 3.39. The maximum Gasteiger partial charge on any atom is 0.194 e. The molecular formula is C17H22Cl2IN3O2. The summed E-state index contributed by atoms with van der Waals surface area (Å²) in [5, 5.41) is 14.3. The van der Waals surface area contributed by atoms with Gasteiger partial charge in [0.1, 0.15) is 11.9 Å². The minimum absolute atomic E-state index is 0. The maximum atomic E-state index is 10.1. The molecule has 0 saturated carbocycles. The van der Waals surface area contributed by atoms with Crippen LogP contribution in [0.15, 0.2) is 46.0 Å². The summed E-state index contributed by atoms with van der Waals surface area (Å²) in [4.78, 5) is 6.42. The van der Waals surface area contributed by atoms with Gasteiger partial charge in [-0.2, -0.15) is 0 Å². The normalized spacial score (nSPS) is 12.4. The van der Waals surface area contributed by atoms with Gasteiger partial charge in [-0.1, -0.05) is 29.3 Å². The van der Waals surface area contributed by atoms with Crippen LogP contribution < -0.4 is 5.32 Å². The number of nitrogens with zero attached hydrogens (tertiary/aromatic N) is 2. The molecular weight excluding hydrogens is 476 g/mol. The molecule has 1 aromatic carbocycles. The van der Waals surface area contributed by atoms with Crippen LogP contribution in [-0.2, 0) is 6.54 Å². The van der Waals surface area contributed by atoms with Crippen molar-refractivity contribution in [3.8, 4) is 0 Å². The molecule has 0 radical (unpaired) electrons. The molecule has 2 aromatic rings. The molecule has 0 amide bonds. The molecule has 2 N–H and O–H groups in total. The molecule has 0 aliphatic rings. The van der Waals surface area contributed by atoms with Gasteiger partial charge in [-0.3, -0.25) is 0 Å². The average molecular weight is 498 g/mol. The van der Waals surface area contributed by atoms with Crippen molar-refractivity contribution < 1.29 is 9.52 Å². The fourth-order valence-corrected chi connectivity index (χ4v) is 2.52. The van der Waals surface area contributed by atoms with Crippen molar-refractivity contribution in [3.63, 3.8) is 0 Å². The number of furan rings is 1. The van der Waals surface area contributed by atoms with Crippen LogP contribution in [0.5, 0.6) is 0 Å². The largest absolute Gasteiger partial charge is 0.467 e. The second kappa shape index (κ2) is 10.9. The smallest absolute Gasteiger partial charge is 0.194 e. The van der Waals surface area contributed by atoms with E-state index in [1.54, 1.807) is 18.2 Å². The summed E-state index contributed by atoms with van der Waals surface area (Å²) in [6, 6.07) is 9.00. The summed E-state index contributed by atoms with van der Waals surface area (Å²) in [7, 11) is 1.92. The van der Waals surface area contributed by atoms with Gasteiger partial charge in [-0.15, -0.1) is 24.0 Å². The van der Waals surface area contributed by atoms with Crippen LogP contribution in [0.2, 0.25) is 10.0 Å². The molecule has 0 fully saturated rings. The third kappa shape index (κ3) is 6.69. The number of aliphatic hydroxyl groups is 1. The predicted octanol–water partition coefficient (Wildman–Crippen LogP) is 4.34. The number of rotatable bonds is 6. The molecule has 0 aliphatic carbocycles. The first kappa shape index (κ1) is 22.1. The Morgan fingerprint density at radius 3 is 2.68 bits per heavy atom. The van der Waals surface area contributed by atoms with Gasteiger partial charge in [0.2, 0.25) is 0 Å². The van der Waals surface area contributed by atoms with Crippen LogP contribution in [0.3, 0.4) is 0 Å². The molecule has 138 valence electrons. The summed E-state index contributed by atoms with van der Waals surface area (Å²) < 4.78 is 5.19. The molecule has 1 aromatic heterocycles. The molecule has 1 atom stereocenters. The first-order valence-electron chi connectivity index (χ1n) is 7.66. The Bertz CT molecular complexity index is 681. The number of guanidine groups is 1. The summed E-state index contributed by atoms with van der Waals surface area (Å²) in [6.45, 7) is 3.54. The predicted molar refractivity (Wildman–Crippen MR) is 113 cm³/mol. The maximum absolute atomic E-state index is 10.1. The molecule has 25 heavy (non-hydrogen) atoms. The van der Waals surface area contributed by atoms with Crippen LogP contribution in [0.4, 0.5) is 0 Å². The van der Waals surface area contributed by atoms with Crippen LogP contribution in [-0.4, -0.2) is 36.1 Å². The van der Waals surface area contributed by atoms with E-state index in [1.807, 2.05) is 31.0 Å². The minimum atomic E-state index is -0.771. The molecule has 0 aliphatic heterocycles. The monoisotopic (exact) mass is 497 g/mol. The van der Waals surface area contributed by atoms with Gasteiger partial charge < -0.3 is 19.7 Å². The van der Waals surface area contributed by atoms with Gasteiger partial charge in [0, 0.05) is 20.1 Å². The van der Waals surface area contributed by atoms with Gasteiger partial charge in [0.15, 0.2) is 5.96 Å². The summed E-state index contributed by atoms with van der Waals surface area (Å²) in [5.74, 6) is 1.19. The van der Waals surface area contributed by atoms with Crippen molar-refractivity contribution in [1.29, 1.82) is 0 Å². The first-order valence-corrected chi connectivity index (χ1v) is 8.41. The zero-order chi connectivity index (χ0) is 17.5. The van der Waals surface area contributed by atoms with Crippen molar-refractivity contribution in [1.82, 2.24) is 10.2 Å².